The average Bonchev–Trinajstić information content (AvgIpc) is 2.50. The summed E-state index contributed by atoms with van der Waals surface area (Å²) in [6.07, 6.45) is 0. The van der Waals surface area contributed by atoms with Gasteiger partial charge in [0.1, 0.15) is 0 Å². The normalized spacial score (nSPS) is 15.4. The van der Waals surface area contributed by atoms with Crippen LogP contribution in [0.15, 0.2) is 5.38 Å². The van der Waals surface area contributed by atoms with Crippen molar-refractivity contribution >= 4 is 22.1 Å². The molecule has 2 atom stereocenters. The third-order valence-corrected chi connectivity index (χ3v) is 4.23. The molecule has 5 heteroatoms. The van der Waals surface area contributed by atoms with E-state index in [-0.39, 0.29) is 0 Å². The Morgan fingerprint density at radius 3 is 2.93 bits per heavy atom. The van der Waals surface area contributed by atoms with Crippen molar-refractivity contribution in [2.24, 2.45) is 11.7 Å². The summed E-state index contributed by atoms with van der Waals surface area (Å²) in [5.41, 5.74) is 6.41. The number of hydrogen-bond donors (Lipinski definition) is 1. The van der Waals surface area contributed by atoms with E-state index in [1.54, 1.807) is 11.3 Å². The summed E-state index contributed by atoms with van der Waals surface area (Å²) in [5, 5.41) is 3.00. The van der Waals surface area contributed by atoms with E-state index in [1.807, 2.05) is 19.2 Å². The molecule has 0 saturated heterocycles. The van der Waals surface area contributed by atoms with Crippen LogP contribution in [0.25, 0.3) is 0 Å². The van der Waals surface area contributed by atoms with Crippen LogP contribution in [0.5, 0.6) is 0 Å². The van der Waals surface area contributed by atoms with E-state index in [2.05, 4.69) is 4.98 Å². The topological polar surface area (TPSA) is 56.0 Å². The molecule has 0 radical (unpaired) electrons. The molecule has 0 aromatic carbocycles. The van der Waals surface area contributed by atoms with Gasteiger partial charge in [-0.15, -0.1) is 11.3 Å². The maximum Gasteiger partial charge on any atom is 0.0897 e. The highest BCUT2D eigenvalue weighted by molar-refractivity contribution is 7.84. The third-order valence-electron chi connectivity index (χ3n) is 1.85. The van der Waals surface area contributed by atoms with Crippen LogP contribution in [0.3, 0.4) is 0 Å². The molecule has 0 aliphatic rings. The fourth-order valence-electron chi connectivity index (χ4n) is 1.08. The van der Waals surface area contributed by atoms with Crippen molar-refractivity contribution in [1.29, 1.82) is 0 Å². The van der Waals surface area contributed by atoms with Crippen LogP contribution >= 0.6 is 11.3 Å². The summed E-state index contributed by atoms with van der Waals surface area (Å²) in [4.78, 5) is 4.28. The first-order valence-corrected chi connectivity index (χ1v) is 6.94. The molecule has 3 nitrogen and oxygen atoms in total. The number of thiazole rings is 1. The molecular formula is C9H16N2OS2. The molecule has 2 unspecified atom stereocenters. The van der Waals surface area contributed by atoms with Crippen LogP contribution in [-0.2, 0) is 16.6 Å². The minimum atomic E-state index is -0.823. The fraction of sp³-hybridized carbons (Fsp3) is 0.667. The molecule has 0 fully saturated rings. The standard InChI is InChI=1S/C9H16N2OS2/c1-7(3-10)5-14(12)6-9-4-13-8(2)11-9/h4,7H,3,5-6,10H2,1-2H3. The first-order valence-electron chi connectivity index (χ1n) is 4.58. The second kappa shape index (κ2) is 5.58. The molecule has 1 rings (SSSR count). The molecule has 2 N–H and O–H groups in total. The largest absolute Gasteiger partial charge is 0.330 e. The van der Waals surface area contributed by atoms with Crippen molar-refractivity contribution in [3.05, 3.63) is 16.1 Å². The number of nitrogens with two attached hydrogens (primary N) is 1. The lowest BCUT2D eigenvalue weighted by Gasteiger charge is -2.06. The SMILES string of the molecule is Cc1nc(CS(=O)CC(C)CN)cs1. The average molecular weight is 232 g/mol. The Morgan fingerprint density at radius 2 is 2.43 bits per heavy atom. The van der Waals surface area contributed by atoms with E-state index >= 15 is 0 Å². The first kappa shape index (κ1) is 11.8. The van der Waals surface area contributed by atoms with Crippen molar-refractivity contribution < 1.29 is 4.21 Å². The molecule has 1 aromatic rings. The monoisotopic (exact) mass is 232 g/mol. The molecule has 80 valence electrons. The lowest BCUT2D eigenvalue weighted by atomic mass is 10.2. The Bertz CT molecular complexity index is 312. The van der Waals surface area contributed by atoms with Crippen molar-refractivity contribution in [3.63, 3.8) is 0 Å². The van der Waals surface area contributed by atoms with E-state index in [1.165, 1.54) is 0 Å². The molecule has 0 aliphatic heterocycles. The van der Waals surface area contributed by atoms with E-state index in [4.69, 9.17) is 5.73 Å². The van der Waals surface area contributed by atoms with Gasteiger partial charge in [-0.3, -0.25) is 4.21 Å². The maximum absolute atomic E-state index is 11.6. The molecule has 0 spiro atoms. The first-order chi connectivity index (χ1) is 6.61. The van der Waals surface area contributed by atoms with Crippen molar-refractivity contribution in [2.45, 2.75) is 19.6 Å². The highest BCUT2D eigenvalue weighted by Gasteiger charge is 2.08. The molecule has 14 heavy (non-hydrogen) atoms. The van der Waals surface area contributed by atoms with Crippen LogP contribution in [0, 0.1) is 12.8 Å². The van der Waals surface area contributed by atoms with Gasteiger partial charge in [-0.1, -0.05) is 6.92 Å². The zero-order valence-electron chi connectivity index (χ0n) is 8.53. The predicted molar refractivity (Wildman–Crippen MR) is 61.8 cm³/mol. The van der Waals surface area contributed by atoms with Gasteiger partial charge in [0, 0.05) is 21.9 Å². The van der Waals surface area contributed by atoms with Crippen molar-refractivity contribution in [3.8, 4) is 0 Å². The minimum absolute atomic E-state index is 0.329. The quantitative estimate of drug-likeness (QED) is 0.832. The zero-order valence-corrected chi connectivity index (χ0v) is 10.2. The van der Waals surface area contributed by atoms with Crippen LogP contribution in [0.2, 0.25) is 0 Å². The zero-order chi connectivity index (χ0) is 10.6. The Morgan fingerprint density at radius 1 is 1.71 bits per heavy atom. The van der Waals surface area contributed by atoms with Gasteiger partial charge in [0.2, 0.25) is 0 Å². The summed E-state index contributed by atoms with van der Waals surface area (Å²) in [7, 11) is -0.823. The molecular weight excluding hydrogens is 216 g/mol. The molecule has 1 heterocycles. The summed E-state index contributed by atoms with van der Waals surface area (Å²) in [5.74, 6) is 1.57. The lowest BCUT2D eigenvalue weighted by Crippen LogP contribution is -2.18. The van der Waals surface area contributed by atoms with Gasteiger partial charge >= 0.3 is 0 Å². The summed E-state index contributed by atoms with van der Waals surface area (Å²) in [6, 6.07) is 0. The van der Waals surface area contributed by atoms with E-state index in [0.717, 1.165) is 10.7 Å². The van der Waals surface area contributed by atoms with E-state index in [9.17, 15) is 4.21 Å². The van der Waals surface area contributed by atoms with Crippen LogP contribution in [0.1, 0.15) is 17.6 Å². The van der Waals surface area contributed by atoms with Crippen LogP contribution in [-0.4, -0.2) is 21.5 Å². The van der Waals surface area contributed by atoms with Gasteiger partial charge < -0.3 is 5.73 Å². The summed E-state index contributed by atoms with van der Waals surface area (Å²) < 4.78 is 11.6. The van der Waals surface area contributed by atoms with Crippen LogP contribution in [0.4, 0.5) is 0 Å². The number of aryl methyl sites for hydroxylation is 1. The lowest BCUT2D eigenvalue weighted by molar-refractivity contribution is 0.640. The smallest absolute Gasteiger partial charge is 0.0897 e. The highest BCUT2D eigenvalue weighted by Crippen LogP contribution is 2.10. The highest BCUT2D eigenvalue weighted by atomic mass is 32.2. The molecule has 0 aliphatic carbocycles. The Labute approximate surface area is 91.2 Å². The Kier molecular flexibility index (Phi) is 4.71. The third kappa shape index (κ3) is 3.86. The molecule has 1 aromatic heterocycles. The fourth-order valence-corrected chi connectivity index (χ4v) is 3.17. The number of rotatable bonds is 5. The second-order valence-corrected chi connectivity index (χ2v) is 6.01. The summed E-state index contributed by atoms with van der Waals surface area (Å²) >= 11 is 1.60. The van der Waals surface area contributed by atoms with Gasteiger partial charge in [-0.2, -0.15) is 0 Å². The number of nitrogens with zero attached hydrogens (tertiary/aromatic N) is 1. The van der Waals surface area contributed by atoms with Crippen molar-refractivity contribution in [1.82, 2.24) is 4.98 Å². The maximum atomic E-state index is 11.6. The molecule has 0 saturated carbocycles. The predicted octanol–water partition coefficient (Wildman–Crippen LogP) is 1.30. The Hall–Kier alpha value is -0.260. The van der Waals surface area contributed by atoms with Crippen LogP contribution < -0.4 is 5.73 Å². The van der Waals surface area contributed by atoms with E-state index < -0.39 is 10.8 Å². The number of hydrogen-bond acceptors (Lipinski definition) is 4. The van der Waals surface area contributed by atoms with Crippen molar-refractivity contribution in [2.75, 3.05) is 12.3 Å². The van der Waals surface area contributed by atoms with Gasteiger partial charge in [0.05, 0.1) is 16.5 Å². The van der Waals surface area contributed by atoms with Gasteiger partial charge in [-0.25, -0.2) is 4.98 Å². The molecule has 0 bridgehead atoms. The molecule has 0 amide bonds. The Balaban J connectivity index is 2.41. The second-order valence-electron chi connectivity index (χ2n) is 3.45. The number of aromatic nitrogens is 1. The minimum Gasteiger partial charge on any atom is -0.330 e. The van der Waals surface area contributed by atoms with Gasteiger partial charge in [0.15, 0.2) is 0 Å². The van der Waals surface area contributed by atoms with E-state index in [0.29, 0.717) is 24.0 Å². The van der Waals surface area contributed by atoms with Gasteiger partial charge in [0.25, 0.3) is 0 Å². The van der Waals surface area contributed by atoms with Gasteiger partial charge in [-0.05, 0) is 19.4 Å². The summed E-state index contributed by atoms with van der Waals surface area (Å²) in [6.45, 7) is 4.58.